The van der Waals surface area contributed by atoms with Crippen LogP contribution in [0.5, 0.6) is 0 Å². The summed E-state index contributed by atoms with van der Waals surface area (Å²) in [5, 5.41) is 7.42. The topological polar surface area (TPSA) is 56.7 Å². The van der Waals surface area contributed by atoms with Crippen molar-refractivity contribution in [1.82, 2.24) is 15.5 Å². The Bertz CT molecular complexity index is 609. The minimum Gasteiger partial charge on any atom is -0.356 e. The van der Waals surface area contributed by atoms with Gasteiger partial charge in [0.05, 0.1) is 5.41 Å². The lowest BCUT2D eigenvalue weighted by atomic mass is 9.84. The summed E-state index contributed by atoms with van der Waals surface area (Å²) < 4.78 is 0. The molecule has 138 valence electrons. The van der Waals surface area contributed by atoms with E-state index in [-0.39, 0.29) is 11.3 Å². The molecular formula is C19H29ClN4O. The molecule has 1 saturated carbocycles. The Labute approximate surface area is 155 Å². The van der Waals surface area contributed by atoms with Crippen molar-refractivity contribution in [3.05, 3.63) is 34.9 Å². The highest BCUT2D eigenvalue weighted by atomic mass is 35.5. The smallest absolute Gasteiger partial charge is 0.230 e. The first-order chi connectivity index (χ1) is 12.0. The number of hydrogen-bond donors (Lipinski definition) is 2. The number of guanidine groups is 1. The standard InChI is InChI=1S/C19H29ClN4O/c1-21-18(22-12-9-15-7-6-8-16(20)13-15)23-14-19(10-4-5-11-19)17(25)24(2)3/h6-8,13H,4-5,9-12,14H2,1-3H3,(H2,21,22,23). The Hall–Kier alpha value is -1.75. The fourth-order valence-electron chi connectivity index (χ4n) is 3.48. The SMILES string of the molecule is CN=C(NCCc1cccc(Cl)c1)NCC1(C(=O)N(C)C)CCCC1. The number of rotatable bonds is 6. The molecule has 25 heavy (non-hydrogen) atoms. The molecule has 0 radical (unpaired) electrons. The van der Waals surface area contributed by atoms with Crippen molar-refractivity contribution in [2.45, 2.75) is 32.1 Å². The third-order valence-corrected chi connectivity index (χ3v) is 5.07. The van der Waals surface area contributed by atoms with Crippen molar-refractivity contribution in [3.63, 3.8) is 0 Å². The summed E-state index contributed by atoms with van der Waals surface area (Å²) in [6.07, 6.45) is 4.97. The number of nitrogens with one attached hydrogen (secondary N) is 2. The van der Waals surface area contributed by atoms with Gasteiger partial charge in [0.2, 0.25) is 5.91 Å². The highest BCUT2D eigenvalue weighted by Crippen LogP contribution is 2.38. The number of nitrogens with zero attached hydrogens (tertiary/aromatic N) is 2. The van der Waals surface area contributed by atoms with Gasteiger partial charge in [0.25, 0.3) is 0 Å². The maximum Gasteiger partial charge on any atom is 0.230 e. The second kappa shape index (κ2) is 9.09. The van der Waals surface area contributed by atoms with E-state index in [1.54, 1.807) is 11.9 Å². The summed E-state index contributed by atoms with van der Waals surface area (Å²) in [6.45, 7) is 1.38. The summed E-state index contributed by atoms with van der Waals surface area (Å²) in [5.41, 5.74) is 0.888. The van der Waals surface area contributed by atoms with E-state index in [9.17, 15) is 4.79 Å². The van der Waals surface area contributed by atoms with E-state index in [4.69, 9.17) is 11.6 Å². The zero-order valence-corrected chi connectivity index (χ0v) is 16.2. The Balaban J connectivity index is 1.86. The highest BCUT2D eigenvalue weighted by molar-refractivity contribution is 6.30. The molecular weight excluding hydrogens is 336 g/mol. The van der Waals surface area contributed by atoms with Crippen molar-refractivity contribution >= 4 is 23.5 Å². The van der Waals surface area contributed by atoms with Gasteiger partial charge < -0.3 is 15.5 Å². The molecule has 1 aromatic rings. The van der Waals surface area contributed by atoms with E-state index >= 15 is 0 Å². The molecule has 1 aliphatic carbocycles. The number of aliphatic imine (C=N–C) groups is 1. The summed E-state index contributed by atoms with van der Waals surface area (Å²) in [6, 6.07) is 7.87. The first-order valence-electron chi connectivity index (χ1n) is 8.87. The molecule has 2 rings (SSSR count). The van der Waals surface area contributed by atoms with E-state index < -0.39 is 0 Å². The van der Waals surface area contributed by atoms with Crippen LogP contribution in [0.2, 0.25) is 5.02 Å². The third-order valence-electron chi connectivity index (χ3n) is 4.83. The molecule has 1 amide bonds. The molecule has 0 spiro atoms. The van der Waals surface area contributed by atoms with E-state index in [2.05, 4.69) is 21.7 Å². The van der Waals surface area contributed by atoms with Gasteiger partial charge in [0.1, 0.15) is 0 Å². The fourth-order valence-corrected chi connectivity index (χ4v) is 3.70. The summed E-state index contributed by atoms with van der Waals surface area (Å²) in [7, 11) is 5.42. The van der Waals surface area contributed by atoms with Crippen molar-refractivity contribution in [2.24, 2.45) is 10.4 Å². The normalized spacial score (nSPS) is 16.6. The van der Waals surface area contributed by atoms with Crippen LogP contribution in [-0.4, -0.2) is 51.0 Å². The molecule has 0 bridgehead atoms. The quantitative estimate of drug-likeness (QED) is 0.602. The predicted octanol–water partition coefficient (Wildman–Crippen LogP) is 2.70. The molecule has 6 heteroatoms. The zero-order chi connectivity index (χ0) is 18.3. The Kier molecular flexibility index (Phi) is 7.12. The molecule has 0 aliphatic heterocycles. The van der Waals surface area contributed by atoms with Gasteiger partial charge in [0.15, 0.2) is 5.96 Å². The second-order valence-corrected chi connectivity index (χ2v) is 7.36. The average molecular weight is 365 g/mol. The number of amides is 1. The number of hydrogen-bond acceptors (Lipinski definition) is 2. The van der Waals surface area contributed by atoms with E-state index in [1.807, 2.05) is 32.3 Å². The maximum atomic E-state index is 12.6. The van der Waals surface area contributed by atoms with Gasteiger partial charge in [-0.25, -0.2) is 0 Å². The molecule has 1 fully saturated rings. The average Bonchev–Trinajstić information content (AvgIpc) is 3.07. The molecule has 5 nitrogen and oxygen atoms in total. The fraction of sp³-hybridized carbons (Fsp3) is 0.579. The third kappa shape index (κ3) is 5.36. The van der Waals surface area contributed by atoms with Crippen LogP contribution in [0.15, 0.2) is 29.3 Å². The van der Waals surface area contributed by atoms with E-state index in [0.717, 1.165) is 49.6 Å². The van der Waals surface area contributed by atoms with Crippen LogP contribution in [0.1, 0.15) is 31.2 Å². The summed E-state index contributed by atoms with van der Waals surface area (Å²) in [5.74, 6) is 0.951. The van der Waals surface area contributed by atoms with Crippen LogP contribution in [0.25, 0.3) is 0 Å². The highest BCUT2D eigenvalue weighted by Gasteiger charge is 2.42. The molecule has 2 N–H and O–H groups in total. The van der Waals surface area contributed by atoms with Gasteiger partial charge in [0, 0.05) is 39.3 Å². The first-order valence-corrected chi connectivity index (χ1v) is 9.25. The molecule has 0 saturated heterocycles. The number of carbonyl (C=O) groups is 1. The molecule has 1 aromatic carbocycles. The molecule has 0 atom stereocenters. The first kappa shape index (κ1) is 19.6. The van der Waals surface area contributed by atoms with Crippen LogP contribution in [0.3, 0.4) is 0 Å². The lowest BCUT2D eigenvalue weighted by Crippen LogP contribution is -2.49. The van der Waals surface area contributed by atoms with E-state index in [1.165, 1.54) is 5.56 Å². The molecule has 0 heterocycles. The molecule has 0 aromatic heterocycles. The van der Waals surface area contributed by atoms with E-state index in [0.29, 0.717) is 6.54 Å². The summed E-state index contributed by atoms with van der Waals surface area (Å²) in [4.78, 5) is 18.6. The number of benzene rings is 1. The van der Waals surface area contributed by atoms with Gasteiger partial charge in [-0.1, -0.05) is 36.6 Å². The van der Waals surface area contributed by atoms with Crippen LogP contribution >= 0.6 is 11.6 Å². The Morgan fingerprint density at radius 1 is 1.28 bits per heavy atom. The van der Waals surface area contributed by atoms with Crippen LogP contribution in [-0.2, 0) is 11.2 Å². The maximum absolute atomic E-state index is 12.6. The minimum atomic E-state index is -0.298. The van der Waals surface area contributed by atoms with Crippen molar-refractivity contribution in [3.8, 4) is 0 Å². The number of halogens is 1. The summed E-state index contributed by atoms with van der Waals surface area (Å²) >= 11 is 6.01. The van der Waals surface area contributed by atoms with Crippen LogP contribution in [0.4, 0.5) is 0 Å². The predicted molar refractivity (Wildman–Crippen MR) is 104 cm³/mol. The van der Waals surface area contributed by atoms with Gasteiger partial charge >= 0.3 is 0 Å². The van der Waals surface area contributed by atoms with Gasteiger partial charge in [-0.05, 0) is 37.0 Å². The van der Waals surface area contributed by atoms with Gasteiger partial charge in [-0.15, -0.1) is 0 Å². The Morgan fingerprint density at radius 3 is 2.60 bits per heavy atom. The largest absolute Gasteiger partial charge is 0.356 e. The molecule has 1 aliphatic rings. The lowest BCUT2D eigenvalue weighted by molar-refractivity contribution is -0.138. The lowest BCUT2D eigenvalue weighted by Gasteiger charge is -2.31. The van der Waals surface area contributed by atoms with Crippen LogP contribution < -0.4 is 10.6 Å². The molecule has 0 unspecified atom stereocenters. The van der Waals surface area contributed by atoms with Gasteiger partial charge in [-0.2, -0.15) is 0 Å². The van der Waals surface area contributed by atoms with Crippen molar-refractivity contribution in [2.75, 3.05) is 34.2 Å². The number of carbonyl (C=O) groups excluding carboxylic acids is 1. The second-order valence-electron chi connectivity index (χ2n) is 6.92. The minimum absolute atomic E-state index is 0.215. The van der Waals surface area contributed by atoms with Crippen LogP contribution in [0, 0.1) is 5.41 Å². The van der Waals surface area contributed by atoms with Gasteiger partial charge in [-0.3, -0.25) is 9.79 Å². The van der Waals surface area contributed by atoms with Crippen molar-refractivity contribution in [1.29, 1.82) is 0 Å². The monoisotopic (exact) mass is 364 g/mol. The van der Waals surface area contributed by atoms with Crippen molar-refractivity contribution < 1.29 is 4.79 Å². The Morgan fingerprint density at radius 2 is 2.00 bits per heavy atom. The zero-order valence-electron chi connectivity index (χ0n) is 15.4.